The molecule has 2 radical (unpaired) electrons. The molecule has 0 saturated carbocycles. The fraction of sp³-hybridized carbons (Fsp3) is 0.613. The minimum atomic E-state index is -3.90. The van der Waals surface area contributed by atoms with E-state index in [0.29, 0.717) is 35.5 Å². The zero-order valence-electron chi connectivity index (χ0n) is 26.5. The molecule has 1 aliphatic rings. The van der Waals surface area contributed by atoms with Crippen molar-refractivity contribution in [3.63, 3.8) is 0 Å². The molecule has 0 amide bonds. The molecule has 0 bridgehead atoms. The van der Waals surface area contributed by atoms with Gasteiger partial charge in [-0.2, -0.15) is 0 Å². The minimum absolute atomic E-state index is 0.0281. The van der Waals surface area contributed by atoms with Crippen LogP contribution in [0, 0.1) is 5.92 Å². The molecule has 0 spiro atoms. The molecule has 1 fully saturated rings. The topological polar surface area (TPSA) is 89.5 Å². The second kappa shape index (κ2) is 14.6. The van der Waals surface area contributed by atoms with Crippen molar-refractivity contribution >= 4 is 31.4 Å². The lowest BCUT2D eigenvalue weighted by atomic mass is 9.99. The summed E-state index contributed by atoms with van der Waals surface area (Å²) in [5, 5.41) is 0.0651. The van der Waals surface area contributed by atoms with Crippen LogP contribution in [-0.2, 0) is 14.3 Å². The highest BCUT2D eigenvalue weighted by Gasteiger charge is 2.36. The minimum Gasteiger partial charge on any atom is -0.493 e. The number of hydrogen-bond acceptors (Lipinski definition) is 9. The van der Waals surface area contributed by atoms with E-state index < -0.39 is 15.3 Å². The first-order chi connectivity index (χ1) is 19.8. The molecule has 3 rings (SSSR count). The Morgan fingerprint density at radius 3 is 1.81 bits per heavy atom. The molecule has 8 nitrogen and oxygen atoms in total. The molecule has 0 aromatic heterocycles. The molecule has 1 aliphatic heterocycles. The Balaban J connectivity index is 1.99. The third-order valence-electron chi connectivity index (χ3n) is 7.84. The van der Waals surface area contributed by atoms with Gasteiger partial charge in [-0.15, -0.1) is 11.8 Å². The Morgan fingerprint density at radius 1 is 0.857 bits per heavy atom. The quantitative estimate of drug-likeness (QED) is 0.185. The molecule has 234 valence electrons. The average Bonchev–Trinajstić information content (AvgIpc) is 3.47. The summed E-state index contributed by atoms with van der Waals surface area (Å²) in [5.74, 6) is 2.77. The largest absolute Gasteiger partial charge is 0.493 e. The van der Waals surface area contributed by atoms with Crippen LogP contribution in [0.1, 0.15) is 82.4 Å². The van der Waals surface area contributed by atoms with E-state index in [1.165, 1.54) is 0 Å². The van der Waals surface area contributed by atoms with E-state index in [9.17, 15) is 8.42 Å². The van der Waals surface area contributed by atoms with Gasteiger partial charge >= 0.3 is 0 Å². The Bertz CT molecular complexity index is 1290. The number of rotatable bonds is 15. The van der Waals surface area contributed by atoms with Crippen LogP contribution in [0.3, 0.4) is 0 Å². The number of hydrogen-bond donors (Lipinski definition) is 0. The number of thioether (sulfide) groups is 1. The van der Waals surface area contributed by atoms with Gasteiger partial charge in [0.15, 0.2) is 23.0 Å². The van der Waals surface area contributed by atoms with Crippen molar-refractivity contribution in [1.82, 2.24) is 0 Å². The molecule has 42 heavy (non-hydrogen) atoms. The van der Waals surface area contributed by atoms with Crippen LogP contribution in [0.25, 0.3) is 0 Å². The molecule has 1 heterocycles. The van der Waals surface area contributed by atoms with Crippen molar-refractivity contribution in [2.24, 2.45) is 5.92 Å². The lowest BCUT2D eigenvalue weighted by Crippen LogP contribution is -2.30. The van der Waals surface area contributed by atoms with E-state index in [4.69, 9.17) is 28.1 Å². The number of methoxy groups -OCH3 is 4. The highest BCUT2D eigenvalue weighted by Crippen LogP contribution is 2.56. The van der Waals surface area contributed by atoms with Crippen LogP contribution in [0.15, 0.2) is 29.2 Å². The number of ether oxygens (including phenoxy) is 5. The number of sulfone groups is 1. The molecule has 2 aromatic carbocycles. The standard InChI is InChI=1S/C31H46O8S2Si/c1-11-14-38-30-25(36-9)17-22(18-28(30)41(32,33)20(4)39-42-31(5,6)19(2)3)27-13-12-26(40-27)21-15-23(34-7)29(37-10)24(16-21)35-8/h15-20,26-27H,11-14H2,1-10H3/t20?,26-,27-/m0/s1. The van der Waals surface area contributed by atoms with Crippen molar-refractivity contribution in [2.45, 2.75) is 86.7 Å². The summed E-state index contributed by atoms with van der Waals surface area (Å²) >= 11 is 1.78. The smallest absolute Gasteiger partial charge is 0.238 e. The van der Waals surface area contributed by atoms with Crippen molar-refractivity contribution in [3.8, 4) is 28.7 Å². The van der Waals surface area contributed by atoms with Crippen LogP contribution in [0.2, 0.25) is 5.04 Å². The summed E-state index contributed by atoms with van der Waals surface area (Å²) in [7, 11) is 2.47. The van der Waals surface area contributed by atoms with Crippen LogP contribution < -0.4 is 23.7 Å². The zero-order valence-corrected chi connectivity index (χ0v) is 29.2. The van der Waals surface area contributed by atoms with E-state index in [1.54, 1.807) is 53.2 Å². The Morgan fingerprint density at radius 2 is 1.36 bits per heavy atom. The molecule has 0 aliphatic carbocycles. The Kier molecular flexibility index (Phi) is 12.0. The predicted molar refractivity (Wildman–Crippen MR) is 170 cm³/mol. The van der Waals surface area contributed by atoms with E-state index in [1.807, 2.05) is 25.1 Å². The molecule has 11 heteroatoms. The van der Waals surface area contributed by atoms with Gasteiger partial charge in [-0.05, 0) is 72.5 Å². The zero-order chi connectivity index (χ0) is 31.2. The van der Waals surface area contributed by atoms with Gasteiger partial charge < -0.3 is 28.1 Å². The third kappa shape index (κ3) is 7.52. The van der Waals surface area contributed by atoms with E-state index in [2.05, 4.69) is 27.7 Å². The van der Waals surface area contributed by atoms with E-state index >= 15 is 0 Å². The maximum absolute atomic E-state index is 14.0. The molecule has 1 saturated heterocycles. The maximum Gasteiger partial charge on any atom is 0.238 e. The van der Waals surface area contributed by atoms with Gasteiger partial charge in [0.1, 0.15) is 10.3 Å². The summed E-state index contributed by atoms with van der Waals surface area (Å²) in [6.45, 7) is 12.4. The van der Waals surface area contributed by atoms with Crippen molar-refractivity contribution in [3.05, 3.63) is 35.4 Å². The van der Waals surface area contributed by atoms with Gasteiger partial charge in [-0.3, -0.25) is 0 Å². The molecule has 2 aromatic rings. The lowest BCUT2D eigenvalue weighted by molar-refractivity contribution is 0.273. The van der Waals surface area contributed by atoms with Gasteiger partial charge in [-0.25, -0.2) is 8.42 Å². The average molecular weight is 639 g/mol. The van der Waals surface area contributed by atoms with Crippen molar-refractivity contribution in [1.29, 1.82) is 0 Å². The molecule has 3 atom stereocenters. The SMILES string of the molecule is CCCOc1c(OC)cc([C@@H]2CC[C@@H](c3cc(OC)c(OC)c(OC)c3)S2)cc1S(=O)(=O)C(C)O[Si]C(C)(C)C(C)C. The van der Waals surface area contributed by atoms with E-state index in [0.717, 1.165) is 30.4 Å². The normalized spacial score (nSPS) is 18.2. The summed E-state index contributed by atoms with van der Waals surface area (Å²) in [5.41, 5.74) is 0.905. The maximum atomic E-state index is 14.0. The second-order valence-corrected chi connectivity index (χ2v) is 16.6. The monoisotopic (exact) mass is 638 g/mol. The first-order valence-electron chi connectivity index (χ1n) is 14.3. The molecule has 1 unspecified atom stereocenters. The van der Waals surface area contributed by atoms with Crippen molar-refractivity contribution in [2.75, 3.05) is 35.0 Å². The molecular formula is C31H46O8S2Si. The third-order valence-corrected chi connectivity index (χ3v) is 13.1. The molecule has 0 N–H and O–H groups in total. The highest BCUT2D eigenvalue weighted by atomic mass is 32.2. The Labute approximate surface area is 259 Å². The van der Waals surface area contributed by atoms with Gasteiger partial charge in [0.2, 0.25) is 25.3 Å². The summed E-state index contributed by atoms with van der Waals surface area (Å²) in [6.07, 6.45) is 2.49. The summed E-state index contributed by atoms with van der Waals surface area (Å²) < 4.78 is 62.4. The fourth-order valence-electron chi connectivity index (χ4n) is 4.50. The highest BCUT2D eigenvalue weighted by molar-refractivity contribution is 8.00. The van der Waals surface area contributed by atoms with E-state index in [-0.39, 0.29) is 35.9 Å². The summed E-state index contributed by atoms with van der Waals surface area (Å²) in [6, 6.07) is 7.64. The Hall–Kier alpha value is -2.08. The number of benzene rings is 2. The van der Waals surface area contributed by atoms with Crippen LogP contribution in [-0.4, -0.2) is 58.7 Å². The van der Waals surface area contributed by atoms with Gasteiger partial charge in [0.25, 0.3) is 0 Å². The van der Waals surface area contributed by atoms with Crippen molar-refractivity contribution < 1.29 is 36.5 Å². The first-order valence-corrected chi connectivity index (χ1v) is 17.7. The van der Waals surface area contributed by atoms with Crippen LogP contribution in [0.4, 0.5) is 0 Å². The lowest BCUT2D eigenvalue weighted by Gasteiger charge is -2.29. The molecular weight excluding hydrogens is 593 g/mol. The van der Waals surface area contributed by atoms with Crippen LogP contribution >= 0.6 is 11.8 Å². The van der Waals surface area contributed by atoms with Gasteiger partial charge in [0, 0.05) is 10.5 Å². The first kappa shape index (κ1) is 34.4. The van der Waals surface area contributed by atoms with Crippen LogP contribution in [0.5, 0.6) is 28.7 Å². The second-order valence-electron chi connectivity index (χ2n) is 11.3. The fourth-order valence-corrected chi connectivity index (χ4v) is 8.46. The van der Waals surface area contributed by atoms with Gasteiger partial charge in [0.05, 0.1) is 35.0 Å². The predicted octanol–water partition coefficient (Wildman–Crippen LogP) is 7.43. The summed E-state index contributed by atoms with van der Waals surface area (Å²) in [4.78, 5) is 0.113. The van der Waals surface area contributed by atoms with Gasteiger partial charge in [-0.1, -0.05) is 34.6 Å².